The van der Waals surface area contributed by atoms with Gasteiger partial charge in [-0.15, -0.1) is 5.06 Å². The number of hydrogen-bond donors (Lipinski definition) is 0. The summed E-state index contributed by atoms with van der Waals surface area (Å²) >= 11 is 0. The first-order valence-electron chi connectivity index (χ1n) is 8.01. The molecular formula is C12H12N2O4. The standard InChI is InChI=1S/C12H12N2O4/c1-7-3-4-9(8(2)13-7)12(17)18-14-10(15)5-6-11(14)16/h3-4H,5-6H2,1-2H3/i1D3,2D3. The van der Waals surface area contributed by atoms with Crippen molar-refractivity contribution in [1.82, 2.24) is 10.0 Å². The van der Waals surface area contributed by atoms with Gasteiger partial charge in [0.2, 0.25) is 0 Å². The molecule has 1 aromatic rings. The molecule has 0 saturated carbocycles. The summed E-state index contributed by atoms with van der Waals surface area (Å²) in [5.74, 6) is -2.74. The van der Waals surface area contributed by atoms with Gasteiger partial charge in [0, 0.05) is 26.8 Å². The maximum absolute atomic E-state index is 12.1. The van der Waals surface area contributed by atoms with E-state index in [1.54, 1.807) is 0 Å². The highest BCUT2D eigenvalue weighted by Crippen LogP contribution is 2.15. The van der Waals surface area contributed by atoms with Crippen molar-refractivity contribution in [2.75, 3.05) is 0 Å². The van der Waals surface area contributed by atoms with Crippen molar-refractivity contribution in [3.05, 3.63) is 29.1 Å². The highest BCUT2D eigenvalue weighted by Gasteiger charge is 2.33. The van der Waals surface area contributed by atoms with Crippen LogP contribution in [0, 0.1) is 13.7 Å². The zero-order valence-corrected chi connectivity index (χ0v) is 9.10. The predicted molar refractivity (Wildman–Crippen MR) is 60.2 cm³/mol. The Bertz CT molecular complexity index is 696. The summed E-state index contributed by atoms with van der Waals surface area (Å²) in [5, 5.41) is 0.267. The van der Waals surface area contributed by atoms with E-state index < -0.39 is 48.4 Å². The molecule has 94 valence electrons. The summed E-state index contributed by atoms with van der Waals surface area (Å²) in [7, 11) is 0. The SMILES string of the molecule is [2H]C([2H])([2H])c1ccc(C(=O)ON2C(=O)CCC2=O)c(C([2H])([2H])[2H])n1. The minimum absolute atomic E-state index is 0.117. The highest BCUT2D eigenvalue weighted by molar-refractivity contribution is 6.02. The summed E-state index contributed by atoms with van der Waals surface area (Å²) in [6, 6.07) is 1.90. The van der Waals surface area contributed by atoms with Gasteiger partial charge in [-0.2, -0.15) is 0 Å². The van der Waals surface area contributed by atoms with E-state index in [0.29, 0.717) is 0 Å². The van der Waals surface area contributed by atoms with Crippen LogP contribution in [0.25, 0.3) is 0 Å². The minimum Gasteiger partial charge on any atom is -0.325 e. The van der Waals surface area contributed by atoms with Gasteiger partial charge in [0.1, 0.15) is 0 Å². The molecule has 1 saturated heterocycles. The second-order valence-corrected chi connectivity index (χ2v) is 3.55. The van der Waals surface area contributed by atoms with Gasteiger partial charge < -0.3 is 4.84 Å². The molecule has 1 fully saturated rings. The van der Waals surface area contributed by atoms with Crippen molar-refractivity contribution in [3.63, 3.8) is 0 Å². The lowest BCUT2D eigenvalue weighted by Gasteiger charge is -2.13. The molecule has 0 spiro atoms. The Balaban J connectivity index is 2.40. The van der Waals surface area contributed by atoms with Gasteiger partial charge in [-0.3, -0.25) is 14.6 Å². The summed E-state index contributed by atoms with van der Waals surface area (Å²) < 4.78 is 44.0. The van der Waals surface area contributed by atoms with Crippen LogP contribution in [-0.4, -0.2) is 27.8 Å². The molecule has 2 heterocycles. The number of pyridine rings is 1. The Morgan fingerprint density at radius 2 is 2.06 bits per heavy atom. The fourth-order valence-corrected chi connectivity index (χ4v) is 1.41. The zero-order valence-electron chi connectivity index (χ0n) is 15.1. The first-order valence-corrected chi connectivity index (χ1v) is 5.01. The lowest BCUT2D eigenvalue weighted by molar-refractivity contribution is -0.172. The molecule has 1 aromatic heterocycles. The Kier molecular flexibility index (Phi) is 1.68. The molecule has 18 heavy (non-hydrogen) atoms. The van der Waals surface area contributed by atoms with Crippen LogP contribution in [0.3, 0.4) is 0 Å². The molecule has 1 aliphatic heterocycles. The fraction of sp³-hybridized carbons (Fsp3) is 0.333. The van der Waals surface area contributed by atoms with Gasteiger partial charge in [0.05, 0.1) is 11.3 Å². The summed E-state index contributed by atoms with van der Waals surface area (Å²) in [6.45, 7) is -5.56. The van der Waals surface area contributed by atoms with Gasteiger partial charge in [-0.1, -0.05) is 0 Å². The van der Waals surface area contributed by atoms with E-state index in [-0.39, 0.29) is 17.9 Å². The van der Waals surface area contributed by atoms with Crippen LogP contribution in [0.4, 0.5) is 0 Å². The van der Waals surface area contributed by atoms with Crippen LogP contribution in [0.5, 0.6) is 0 Å². The molecule has 6 nitrogen and oxygen atoms in total. The van der Waals surface area contributed by atoms with Gasteiger partial charge in [0.25, 0.3) is 11.8 Å². The smallest absolute Gasteiger partial charge is 0.325 e. The number of aryl methyl sites for hydroxylation is 2. The van der Waals surface area contributed by atoms with E-state index in [1.165, 1.54) is 0 Å². The zero-order chi connectivity index (χ0) is 18.3. The van der Waals surface area contributed by atoms with E-state index in [0.717, 1.165) is 12.1 Å². The number of amides is 2. The third-order valence-electron chi connectivity index (χ3n) is 2.30. The third kappa shape index (κ3) is 2.22. The number of carbonyl (C=O) groups is 3. The van der Waals surface area contributed by atoms with Crippen molar-refractivity contribution in [2.45, 2.75) is 26.5 Å². The molecule has 6 heteroatoms. The molecule has 0 N–H and O–H groups in total. The highest BCUT2D eigenvalue weighted by atomic mass is 16.7. The molecule has 0 unspecified atom stereocenters. The maximum Gasteiger partial charge on any atom is 0.365 e. The second-order valence-electron chi connectivity index (χ2n) is 3.55. The second kappa shape index (κ2) is 4.56. The molecular weight excluding hydrogens is 236 g/mol. The first-order chi connectivity index (χ1) is 10.9. The van der Waals surface area contributed by atoms with E-state index in [1.807, 2.05) is 0 Å². The first kappa shape index (κ1) is 6.63. The topological polar surface area (TPSA) is 76.6 Å². The number of aromatic nitrogens is 1. The van der Waals surface area contributed by atoms with Crippen molar-refractivity contribution in [2.24, 2.45) is 0 Å². The monoisotopic (exact) mass is 254 g/mol. The minimum atomic E-state index is -2.89. The lowest BCUT2D eigenvalue weighted by atomic mass is 10.2. The quantitative estimate of drug-likeness (QED) is 0.733. The normalized spacial score (nSPS) is 21.4. The molecule has 0 atom stereocenters. The average molecular weight is 254 g/mol. The Morgan fingerprint density at radius 3 is 2.67 bits per heavy atom. The Morgan fingerprint density at radius 1 is 1.33 bits per heavy atom. The number of imide groups is 1. The summed E-state index contributed by atoms with van der Waals surface area (Å²) in [6.07, 6.45) is -0.233. The average Bonchev–Trinajstić information content (AvgIpc) is 2.76. The molecule has 0 bridgehead atoms. The Hall–Kier alpha value is -2.24. The van der Waals surface area contributed by atoms with E-state index in [2.05, 4.69) is 9.82 Å². The molecule has 1 aliphatic rings. The number of hydrogen-bond acceptors (Lipinski definition) is 5. The van der Waals surface area contributed by atoms with Crippen LogP contribution in [0.15, 0.2) is 12.1 Å². The summed E-state index contributed by atoms with van der Waals surface area (Å²) in [4.78, 5) is 43.2. The molecule has 2 rings (SSSR count). The van der Waals surface area contributed by atoms with Crippen molar-refractivity contribution >= 4 is 17.8 Å². The van der Waals surface area contributed by atoms with Gasteiger partial charge >= 0.3 is 5.97 Å². The summed E-state index contributed by atoms with van der Waals surface area (Å²) in [5.41, 5.74) is -1.82. The third-order valence-corrected chi connectivity index (χ3v) is 2.30. The van der Waals surface area contributed by atoms with E-state index in [9.17, 15) is 14.4 Å². The number of nitrogens with zero attached hydrogens (tertiary/aromatic N) is 2. The Labute approximate surface area is 112 Å². The van der Waals surface area contributed by atoms with Crippen LogP contribution in [0.1, 0.15) is 42.8 Å². The van der Waals surface area contributed by atoms with Gasteiger partial charge in [-0.25, -0.2) is 4.79 Å². The van der Waals surface area contributed by atoms with Crippen LogP contribution in [-0.2, 0) is 14.4 Å². The molecule has 0 radical (unpaired) electrons. The van der Waals surface area contributed by atoms with Crippen molar-refractivity contribution in [1.29, 1.82) is 0 Å². The van der Waals surface area contributed by atoms with Crippen LogP contribution in [0.2, 0.25) is 0 Å². The van der Waals surface area contributed by atoms with Gasteiger partial charge in [-0.05, 0) is 25.8 Å². The number of rotatable bonds is 2. The maximum atomic E-state index is 12.1. The van der Waals surface area contributed by atoms with Crippen LogP contribution < -0.4 is 0 Å². The van der Waals surface area contributed by atoms with E-state index in [4.69, 9.17) is 8.22 Å². The van der Waals surface area contributed by atoms with Crippen LogP contribution >= 0.6 is 0 Å². The lowest BCUT2D eigenvalue weighted by Crippen LogP contribution is -2.32. The number of hydroxylamine groups is 2. The van der Waals surface area contributed by atoms with Crippen molar-refractivity contribution in [3.8, 4) is 0 Å². The molecule has 0 aromatic carbocycles. The number of carbonyl (C=O) groups excluding carboxylic acids is 3. The largest absolute Gasteiger partial charge is 0.365 e. The van der Waals surface area contributed by atoms with Crippen molar-refractivity contribution < 1.29 is 27.4 Å². The molecule has 2 amide bonds. The van der Waals surface area contributed by atoms with E-state index >= 15 is 0 Å². The molecule has 0 aliphatic carbocycles. The predicted octanol–water partition coefficient (Wildman–Crippen LogP) is 0.919. The fourth-order valence-electron chi connectivity index (χ4n) is 1.41. The van der Waals surface area contributed by atoms with Gasteiger partial charge in [0.15, 0.2) is 0 Å².